The van der Waals surface area contributed by atoms with E-state index < -0.39 is 0 Å². The predicted octanol–water partition coefficient (Wildman–Crippen LogP) is 2.83. The van der Waals surface area contributed by atoms with Crippen LogP contribution in [-0.4, -0.2) is 46.2 Å². The Kier molecular flexibility index (Phi) is 4.83. The molecule has 0 spiro atoms. The maximum atomic E-state index is 12.8. The number of rotatable bonds is 7. The number of nitrogens with zero attached hydrogens (tertiary/aromatic N) is 3. The predicted molar refractivity (Wildman–Crippen MR) is 87.5 cm³/mol. The molecule has 0 radical (unpaired) electrons. The topological polar surface area (TPSA) is 68.5 Å². The number of ether oxygens (including phenoxy) is 1. The molecule has 2 saturated carbocycles. The van der Waals surface area contributed by atoms with Crippen LogP contribution in [0.2, 0.25) is 0 Å². The van der Waals surface area contributed by atoms with E-state index in [1.165, 1.54) is 12.8 Å². The lowest BCUT2D eigenvalue weighted by atomic mass is 10.1. The van der Waals surface area contributed by atoms with E-state index in [0.717, 1.165) is 57.5 Å². The Hall–Kier alpha value is -1.43. The molecule has 1 amide bonds. The molecular formula is C18H27N3O3. The van der Waals surface area contributed by atoms with Gasteiger partial charge in [-0.1, -0.05) is 18.0 Å². The molecule has 4 rings (SSSR count). The van der Waals surface area contributed by atoms with E-state index in [1.807, 2.05) is 0 Å². The van der Waals surface area contributed by atoms with Gasteiger partial charge in [-0.25, -0.2) is 0 Å². The van der Waals surface area contributed by atoms with Crippen LogP contribution in [0.1, 0.15) is 75.4 Å². The van der Waals surface area contributed by atoms with E-state index >= 15 is 0 Å². The molecule has 0 aromatic carbocycles. The molecule has 2 aliphatic carbocycles. The van der Waals surface area contributed by atoms with Gasteiger partial charge < -0.3 is 14.2 Å². The highest BCUT2D eigenvalue weighted by Gasteiger charge is 2.31. The fourth-order valence-corrected chi connectivity index (χ4v) is 3.91. The molecule has 6 heteroatoms. The van der Waals surface area contributed by atoms with E-state index in [9.17, 15) is 4.79 Å². The number of hydrogen-bond acceptors (Lipinski definition) is 5. The Morgan fingerprint density at radius 3 is 2.67 bits per heavy atom. The van der Waals surface area contributed by atoms with Crippen molar-refractivity contribution >= 4 is 5.91 Å². The number of amides is 1. The smallest absolute Gasteiger partial charge is 0.227 e. The summed E-state index contributed by atoms with van der Waals surface area (Å²) in [4.78, 5) is 19.3. The molecule has 3 fully saturated rings. The SMILES string of the molecule is O=C(CCc1nc(C2CC2)no1)N(C[C@@H]1CCCO1)C1CCCC1. The van der Waals surface area contributed by atoms with E-state index in [4.69, 9.17) is 9.26 Å². The summed E-state index contributed by atoms with van der Waals surface area (Å²) in [5.74, 6) is 2.13. The van der Waals surface area contributed by atoms with E-state index in [0.29, 0.717) is 30.7 Å². The van der Waals surface area contributed by atoms with Gasteiger partial charge in [-0.05, 0) is 38.5 Å². The Balaban J connectivity index is 1.34. The summed E-state index contributed by atoms with van der Waals surface area (Å²) in [5, 5.41) is 4.03. The first-order chi connectivity index (χ1) is 11.8. The van der Waals surface area contributed by atoms with Crippen LogP contribution in [0.5, 0.6) is 0 Å². The van der Waals surface area contributed by atoms with E-state index in [1.54, 1.807) is 0 Å². The second-order valence-electron chi connectivity index (χ2n) is 7.44. The molecule has 132 valence electrons. The third kappa shape index (κ3) is 3.79. The number of aromatic nitrogens is 2. The van der Waals surface area contributed by atoms with Crippen LogP contribution in [0.4, 0.5) is 0 Å². The summed E-state index contributed by atoms with van der Waals surface area (Å²) in [6, 6.07) is 0.395. The minimum Gasteiger partial charge on any atom is -0.376 e. The maximum Gasteiger partial charge on any atom is 0.227 e. The molecule has 2 heterocycles. The zero-order chi connectivity index (χ0) is 16.4. The molecule has 24 heavy (non-hydrogen) atoms. The van der Waals surface area contributed by atoms with Gasteiger partial charge >= 0.3 is 0 Å². The Labute approximate surface area is 142 Å². The zero-order valence-corrected chi connectivity index (χ0v) is 14.3. The minimum atomic E-state index is 0.212. The van der Waals surface area contributed by atoms with Crippen LogP contribution in [0.25, 0.3) is 0 Å². The van der Waals surface area contributed by atoms with Crippen LogP contribution < -0.4 is 0 Å². The van der Waals surface area contributed by atoms with Gasteiger partial charge in [0.15, 0.2) is 5.82 Å². The lowest BCUT2D eigenvalue weighted by Gasteiger charge is -2.31. The molecule has 1 atom stereocenters. The van der Waals surface area contributed by atoms with Gasteiger partial charge in [0, 0.05) is 38.0 Å². The van der Waals surface area contributed by atoms with Gasteiger partial charge in [-0.15, -0.1) is 0 Å². The first kappa shape index (κ1) is 16.1. The molecule has 6 nitrogen and oxygen atoms in total. The summed E-state index contributed by atoms with van der Waals surface area (Å²) in [6.07, 6.45) is 10.5. The van der Waals surface area contributed by atoms with Crippen molar-refractivity contribution in [3.63, 3.8) is 0 Å². The normalized spacial score (nSPS) is 24.6. The summed E-state index contributed by atoms with van der Waals surface area (Å²) in [5.41, 5.74) is 0. The van der Waals surface area contributed by atoms with Crippen LogP contribution in [0.15, 0.2) is 4.52 Å². The van der Waals surface area contributed by atoms with Crippen molar-refractivity contribution in [3.8, 4) is 0 Å². The molecule has 0 unspecified atom stereocenters. The van der Waals surface area contributed by atoms with Gasteiger partial charge in [0.05, 0.1) is 6.10 Å². The fraction of sp³-hybridized carbons (Fsp3) is 0.833. The van der Waals surface area contributed by atoms with E-state index in [-0.39, 0.29) is 12.0 Å². The Morgan fingerprint density at radius 2 is 1.96 bits per heavy atom. The fourth-order valence-electron chi connectivity index (χ4n) is 3.91. The lowest BCUT2D eigenvalue weighted by molar-refractivity contribution is -0.135. The zero-order valence-electron chi connectivity index (χ0n) is 14.3. The first-order valence-electron chi connectivity index (χ1n) is 9.53. The summed E-state index contributed by atoms with van der Waals surface area (Å²) in [7, 11) is 0. The van der Waals surface area contributed by atoms with Gasteiger partial charge in [-0.2, -0.15) is 4.98 Å². The summed E-state index contributed by atoms with van der Waals surface area (Å²) < 4.78 is 11.1. The maximum absolute atomic E-state index is 12.8. The second kappa shape index (κ2) is 7.21. The highest BCUT2D eigenvalue weighted by Crippen LogP contribution is 2.38. The van der Waals surface area contributed by atoms with Crippen molar-refractivity contribution in [2.45, 2.75) is 82.3 Å². The van der Waals surface area contributed by atoms with Crippen molar-refractivity contribution in [3.05, 3.63) is 11.7 Å². The third-order valence-electron chi connectivity index (χ3n) is 5.49. The molecule has 0 N–H and O–H groups in total. The van der Waals surface area contributed by atoms with Gasteiger partial charge in [0.1, 0.15) is 0 Å². The van der Waals surface area contributed by atoms with Gasteiger partial charge in [-0.3, -0.25) is 4.79 Å². The van der Waals surface area contributed by atoms with Crippen molar-refractivity contribution in [2.24, 2.45) is 0 Å². The minimum absolute atomic E-state index is 0.212. The van der Waals surface area contributed by atoms with Crippen molar-refractivity contribution in [1.82, 2.24) is 15.0 Å². The second-order valence-corrected chi connectivity index (χ2v) is 7.44. The largest absolute Gasteiger partial charge is 0.376 e. The van der Waals surface area contributed by atoms with Crippen LogP contribution in [-0.2, 0) is 16.0 Å². The average Bonchev–Trinajstić information content (AvgIpc) is 3.06. The molecule has 1 saturated heterocycles. The Morgan fingerprint density at radius 1 is 1.12 bits per heavy atom. The Bertz CT molecular complexity index is 558. The molecule has 1 aliphatic heterocycles. The molecule has 1 aromatic heterocycles. The molecule has 1 aromatic rings. The summed E-state index contributed by atoms with van der Waals surface area (Å²) >= 11 is 0. The molecule has 3 aliphatic rings. The third-order valence-corrected chi connectivity index (χ3v) is 5.49. The number of carbonyl (C=O) groups excluding carboxylic acids is 1. The van der Waals surface area contributed by atoms with Crippen LogP contribution in [0, 0.1) is 0 Å². The first-order valence-corrected chi connectivity index (χ1v) is 9.53. The van der Waals surface area contributed by atoms with Crippen molar-refractivity contribution in [1.29, 1.82) is 0 Å². The number of hydrogen-bond donors (Lipinski definition) is 0. The quantitative estimate of drug-likeness (QED) is 0.767. The molecular weight excluding hydrogens is 306 g/mol. The van der Waals surface area contributed by atoms with Crippen molar-refractivity contribution < 1.29 is 14.1 Å². The highest BCUT2D eigenvalue weighted by molar-refractivity contribution is 5.76. The molecule has 0 bridgehead atoms. The number of aryl methyl sites for hydroxylation is 1. The monoisotopic (exact) mass is 333 g/mol. The van der Waals surface area contributed by atoms with Crippen molar-refractivity contribution in [2.75, 3.05) is 13.2 Å². The standard InChI is InChI=1S/C18H27N3O3/c22-17(10-9-16-19-18(20-24-16)13-7-8-13)21(14-4-1-2-5-14)12-15-6-3-11-23-15/h13-15H,1-12H2/t15-/m0/s1. The average molecular weight is 333 g/mol. The van der Waals surface area contributed by atoms with Crippen LogP contribution >= 0.6 is 0 Å². The lowest BCUT2D eigenvalue weighted by Crippen LogP contribution is -2.43. The van der Waals surface area contributed by atoms with Gasteiger partial charge in [0.2, 0.25) is 11.8 Å². The highest BCUT2D eigenvalue weighted by atomic mass is 16.5. The van der Waals surface area contributed by atoms with E-state index in [2.05, 4.69) is 15.0 Å². The number of carbonyl (C=O) groups is 1. The van der Waals surface area contributed by atoms with Gasteiger partial charge in [0.25, 0.3) is 0 Å². The van der Waals surface area contributed by atoms with Crippen LogP contribution in [0.3, 0.4) is 0 Å². The summed E-state index contributed by atoms with van der Waals surface area (Å²) in [6.45, 7) is 1.59.